The largest absolute Gasteiger partial charge is 0.309 e. The number of amides is 2. The van der Waals surface area contributed by atoms with Crippen molar-refractivity contribution in [3.8, 4) is 0 Å². The van der Waals surface area contributed by atoms with E-state index in [0.29, 0.717) is 12.2 Å². The molecule has 2 amide bonds. The molecule has 2 aromatic carbocycles. The van der Waals surface area contributed by atoms with E-state index in [2.05, 4.69) is 6.07 Å². The van der Waals surface area contributed by atoms with Gasteiger partial charge in [0.25, 0.3) is 5.91 Å². The fourth-order valence-electron chi connectivity index (χ4n) is 4.17. The van der Waals surface area contributed by atoms with Crippen LogP contribution in [0.25, 0.3) is 0 Å². The van der Waals surface area contributed by atoms with Crippen LogP contribution in [0.4, 0.5) is 15.8 Å². The zero-order valence-electron chi connectivity index (χ0n) is 13.4. The number of thioether (sulfide) groups is 1. The molecule has 1 atom stereocenters. The number of nitrogens with zero attached hydrogens (tertiary/aromatic N) is 2. The van der Waals surface area contributed by atoms with Gasteiger partial charge in [0.15, 0.2) is 0 Å². The van der Waals surface area contributed by atoms with Gasteiger partial charge in [0, 0.05) is 17.8 Å². The minimum absolute atomic E-state index is 0.0603. The van der Waals surface area contributed by atoms with E-state index in [0.717, 1.165) is 29.7 Å². The monoisotopic (exact) mass is 354 g/mol. The lowest BCUT2D eigenvalue weighted by Crippen LogP contribution is -2.50. The smallest absolute Gasteiger partial charge is 0.268 e. The van der Waals surface area contributed by atoms with E-state index in [-0.39, 0.29) is 23.4 Å². The number of carbonyl (C=O) groups is 2. The molecule has 1 spiro atoms. The number of anilines is 2. The van der Waals surface area contributed by atoms with Crippen molar-refractivity contribution in [1.29, 1.82) is 0 Å². The minimum atomic E-state index is -1.06. The molecule has 0 saturated carbocycles. The van der Waals surface area contributed by atoms with Crippen molar-refractivity contribution in [2.75, 3.05) is 22.1 Å². The molecule has 1 saturated heterocycles. The van der Waals surface area contributed by atoms with Crippen molar-refractivity contribution < 1.29 is 14.0 Å². The summed E-state index contributed by atoms with van der Waals surface area (Å²) in [5, 5.41) is 0. The topological polar surface area (TPSA) is 40.6 Å². The predicted molar refractivity (Wildman–Crippen MR) is 95.1 cm³/mol. The first-order chi connectivity index (χ1) is 12.1. The molecule has 1 fully saturated rings. The molecule has 126 valence electrons. The van der Waals surface area contributed by atoms with Gasteiger partial charge in [-0.2, -0.15) is 0 Å². The van der Waals surface area contributed by atoms with Crippen molar-refractivity contribution in [3.05, 3.63) is 59.4 Å². The van der Waals surface area contributed by atoms with Gasteiger partial charge >= 0.3 is 0 Å². The van der Waals surface area contributed by atoms with Crippen LogP contribution in [0.15, 0.2) is 42.5 Å². The molecule has 0 N–H and O–H groups in total. The predicted octanol–water partition coefficient (Wildman–Crippen LogP) is 3.05. The van der Waals surface area contributed by atoms with E-state index in [1.165, 1.54) is 23.9 Å². The zero-order valence-corrected chi connectivity index (χ0v) is 14.2. The molecule has 0 bridgehead atoms. The van der Waals surface area contributed by atoms with Crippen molar-refractivity contribution in [2.24, 2.45) is 0 Å². The van der Waals surface area contributed by atoms with Crippen LogP contribution in [0.1, 0.15) is 17.5 Å². The summed E-state index contributed by atoms with van der Waals surface area (Å²) >= 11 is 1.37. The number of fused-ring (bicyclic) bond motifs is 1. The molecular weight excluding hydrogens is 339 g/mol. The van der Waals surface area contributed by atoms with E-state index in [1.807, 2.05) is 17.0 Å². The van der Waals surface area contributed by atoms with Crippen LogP contribution in [0.2, 0.25) is 0 Å². The summed E-state index contributed by atoms with van der Waals surface area (Å²) in [6.07, 6.45) is 1.87. The summed E-state index contributed by atoms with van der Waals surface area (Å²) in [6.45, 7) is 0.677. The molecule has 6 heteroatoms. The maximum atomic E-state index is 13.4. The molecule has 4 nitrogen and oxygen atoms in total. The lowest BCUT2D eigenvalue weighted by molar-refractivity contribution is -0.123. The molecule has 25 heavy (non-hydrogen) atoms. The molecule has 2 aromatic rings. The summed E-state index contributed by atoms with van der Waals surface area (Å²) < 4.78 is 13.3. The normalized spacial score (nSPS) is 24.4. The van der Waals surface area contributed by atoms with Crippen LogP contribution in [0.3, 0.4) is 0 Å². The lowest BCUT2D eigenvalue weighted by Gasteiger charge is -2.33. The Kier molecular flexibility index (Phi) is 3.04. The summed E-state index contributed by atoms with van der Waals surface area (Å²) in [5.41, 5.74) is 3.57. The van der Waals surface area contributed by atoms with Crippen LogP contribution in [-0.2, 0) is 20.9 Å². The maximum absolute atomic E-state index is 13.4. The number of benzene rings is 2. The van der Waals surface area contributed by atoms with E-state index in [1.54, 1.807) is 17.0 Å². The van der Waals surface area contributed by atoms with Crippen molar-refractivity contribution in [2.45, 2.75) is 17.7 Å². The van der Waals surface area contributed by atoms with E-state index in [9.17, 15) is 14.0 Å². The third kappa shape index (κ3) is 1.83. The first-order valence-corrected chi connectivity index (χ1v) is 9.28. The van der Waals surface area contributed by atoms with Gasteiger partial charge in [-0.15, -0.1) is 11.8 Å². The number of hydrogen-bond donors (Lipinski definition) is 0. The average Bonchev–Trinajstić information content (AvgIpc) is 3.10. The van der Waals surface area contributed by atoms with E-state index in [4.69, 9.17) is 0 Å². The highest BCUT2D eigenvalue weighted by Crippen LogP contribution is 2.57. The number of rotatable bonds is 1. The van der Waals surface area contributed by atoms with Gasteiger partial charge in [0.2, 0.25) is 10.8 Å². The Hall–Kier alpha value is -2.34. The molecule has 3 aliphatic rings. The van der Waals surface area contributed by atoms with Gasteiger partial charge in [-0.05, 0) is 42.7 Å². The summed E-state index contributed by atoms with van der Waals surface area (Å²) in [7, 11) is 0. The third-order valence-corrected chi connectivity index (χ3v) is 6.56. The highest BCUT2D eigenvalue weighted by molar-refractivity contribution is 8.02. The molecule has 0 radical (unpaired) electrons. The molecular formula is C19H15FN2O2S. The second-order valence-electron chi connectivity index (χ2n) is 6.51. The van der Waals surface area contributed by atoms with Gasteiger partial charge in [0.05, 0.1) is 11.4 Å². The van der Waals surface area contributed by atoms with Gasteiger partial charge in [-0.25, -0.2) is 4.39 Å². The molecule has 5 rings (SSSR count). The molecule has 3 aliphatic heterocycles. The van der Waals surface area contributed by atoms with Gasteiger partial charge in [-0.1, -0.05) is 18.2 Å². The number of aryl methyl sites for hydroxylation is 1. The van der Waals surface area contributed by atoms with Crippen LogP contribution >= 0.6 is 11.8 Å². The fourth-order valence-corrected chi connectivity index (χ4v) is 5.52. The van der Waals surface area contributed by atoms with Gasteiger partial charge in [0.1, 0.15) is 5.82 Å². The standard InChI is InChI=1S/C19H15FN2O2S/c20-13-6-8-14(9-7-13)22-16(23)11-25-19(22)15-5-1-3-12-4-2-10-21(17(12)15)18(19)24/h1,3,5-9H,2,4,10-11H2. The Balaban J connectivity index is 1.75. The minimum Gasteiger partial charge on any atom is -0.309 e. The third-order valence-electron chi connectivity index (χ3n) is 5.17. The van der Waals surface area contributed by atoms with Crippen LogP contribution < -0.4 is 9.80 Å². The first kappa shape index (κ1) is 15.0. The Labute approximate surface area is 148 Å². The van der Waals surface area contributed by atoms with Crippen molar-refractivity contribution in [3.63, 3.8) is 0 Å². The van der Waals surface area contributed by atoms with Gasteiger partial charge < -0.3 is 4.90 Å². The summed E-state index contributed by atoms with van der Waals surface area (Å²) in [4.78, 5) is 28.5. The Bertz CT molecular complexity index is 914. The van der Waals surface area contributed by atoms with Crippen LogP contribution in [-0.4, -0.2) is 24.1 Å². The highest BCUT2D eigenvalue weighted by atomic mass is 32.2. The Morgan fingerprint density at radius 3 is 2.68 bits per heavy atom. The number of para-hydroxylation sites is 1. The summed E-state index contributed by atoms with van der Waals surface area (Å²) in [6, 6.07) is 11.8. The highest BCUT2D eigenvalue weighted by Gasteiger charge is 2.61. The molecule has 3 heterocycles. The van der Waals surface area contributed by atoms with Crippen molar-refractivity contribution >= 4 is 35.0 Å². The molecule has 0 aliphatic carbocycles. The first-order valence-electron chi connectivity index (χ1n) is 8.30. The van der Waals surface area contributed by atoms with E-state index >= 15 is 0 Å². The number of carbonyl (C=O) groups excluding carboxylic acids is 2. The molecule has 0 aromatic heterocycles. The van der Waals surface area contributed by atoms with Crippen LogP contribution in [0, 0.1) is 5.82 Å². The Morgan fingerprint density at radius 2 is 1.88 bits per heavy atom. The zero-order chi connectivity index (χ0) is 17.2. The van der Waals surface area contributed by atoms with Crippen LogP contribution in [0.5, 0.6) is 0 Å². The van der Waals surface area contributed by atoms with E-state index < -0.39 is 4.87 Å². The Morgan fingerprint density at radius 1 is 1.08 bits per heavy atom. The SMILES string of the molecule is O=C1CSC2(C(=O)N3CCCc4cccc2c43)N1c1ccc(F)cc1. The quantitative estimate of drug-likeness (QED) is 0.790. The second-order valence-corrected chi connectivity index (χ2v) is 7.68. The van der Waals surface area contributed by atoms with Gasteiger partial charge in [-0.3, -0.25) is 14.5 Å². The lowest BCUT2D eigenvalue weighted by atomic mass is 9.98. The number of hydrogen-bond acceptors (Lipinski definition) is 3. The maximum Gasteiger partial charge on any atom is 0.268 e. The van der Waals surface area contributed by atoms with Crippen molar-refractivity contribution in [1.82, 2.24) is 0 Å². The second kappa shape index (κ2) is 5.08. The summed E-state index contributed by atoms with van der Waals surface area (Å²) in [5.74, 6) is -0.310. The fraction of sp³-hybridized carbons (Fsp3) is 0.263. The average molecular weight is 354 g/mol. The number of halogens is 1. The molecule has 1 unspecified atom stereocenters.